The summed E-state index contributed by atoms with van der Waals surface area (Å²) in [5.41, 5.74) is 21.2. The van der Waals surface area contributed by atoms with Crippen molar-refractivity contribution in [2.45, 2.75) is 50.2 Å². The lowest BCUT2D eigenvalue weighted by molar-refractivity contribution is -0.143. The highest BCUT2D eigenvalue weighted by Gasteiger charge is 2.28. The molecule has 0 aliphatic heterocycles. The van der Waals surface area contributed by atoms with E-state index >= 15 is 0 Å². The van der Waals surface area contributed by atoms with Crippen molar-refractivity contribution in [3.05, 3.63) is 0 Å². The van der Waals surface area contributed by atoms with Crippen LogP contribution in [0, 0.1) is 0 Å². The van der Waals surface area contributed by atoms with E-state index in [-0.39, 0.29) is 31.9 Å². The molecule has 0 saturated carbocycles. The third-order valence-corrected chi connectivity index (χ3v) is 4.16. The quantitative estimate of drug-likeness (QED) is 0.0624. The number of aliphatic carboxylic acids is 1. The normalized spacial score (nSPS) is 13.4. The molecule has 0 aliphatic rings. The SMILES string of the molecule is NCCCCC(NC(=O)C(CCCN=C(N)N)NC(=O)CN)C(=O)NC(CO)C(=O)O. The molecule has 14 heteroatoms. The van der Waals surface area contributed by atoms with Crippen molar-refractivity contribution in [2.24, 2.45) is 27.9 Å². The van der Waals surface area contributed by atoms with E-state index in [1.165, 1.54) is 0 Å². The van der Waals surface area contributed by atoms with Gasteiger partial charge in [-0.05, 0) is 38.6 Å². The van der Waals surface area contributed by atoms with E-state index < -0.39 is 48.4 Å². The molecule has 0 fully saturated rings. The highest BCUT2D eigenvalue weighted by molar-refractivity contribution is 5.93. The van der Waals surface area contributed by atoms with Crippen molar-refractivity contribution in [1.29, 1.82) is 0 Å². The summed E-state index contributed by atoms with van der Waals surface area (Å²) < 4.78 is 0. The Labute approximate surface area is 180 Å². The van der Waals surface area contributed by atoms with Crippen LogP contribution in [-0.4, -0.2) is 84.2 Å². The number of hydrogen-bond acceptors (Lipinski definition) is 8. The number of amides is 3. The number of aliphatic hydroxyl groups is 1. The number of carboxylic acids is 1. The topological polar surface area (TPSA) is 261 Å². The molecular weight excluding hydrogens is 412 g/mol. The first-order valence-corrected chi connectivity index (χ1v) is 9.85. The van der Waals surface area contributed by atoms with Crippen molar-refractivity contribution in [2.75, 3.05) is 26.2 Å². The first-order chi connectivity index (χ1) is 14.7. The fourth-order valence-corrected chi connectivity index (χ4v) is 2.52. The lowest BCUT2D eigenvalue weighted by atomic mass is 10.1. The van der Waals surface area contributed by atoms with E-state index in [0.717, 1.165) is 0 Å². The van der Waals surface area contributed by atoms with E-state index in [9.17, 15) is 19.2 Å². The third kappa shape index (κ3) is 12.3. The van der Waals surface area contributed by atoms with Crippen LogP contribution in [0.1, 0.15) is 32.1 Å². The zero-order chi connectivity index (χ0) is 23.8. The van der Waals surface area contributed by atoms with Gasteiger partial charge in [-0.25, -0.2) is 4.79 Å². The number of unbranched alkanes of at least 4 members (excludes halogenated alkanes) is 1. The molecular formula is C17H34N8O6. The van der Waals surface area contributed by atoms with Gasteiger partial charge < -0.3 is 49.1 Å². The number of nitrogens with zero attached hydrogens (tertiary/aromatic N) is 1. The maximum absolute atomic E-state index is 12.7. The number of nitrogens with one attached hydrogen (secondary N) is 3. The van der Waals surface area contributed by atoms with Gasteiger partial charge in [0.2, 0.25) is 17.7 Å². The molecule has 0 aliphatic carbocycles. The Bertz CT molecular complexity index is 626. The summed E-state index contributed by atoms with van der Waals surface area (Å²) in [5.74, 6) is -3.54. The molecule has 0 spiro atoms. The van der Waals surface area contributed by atoms with Crippen molar-refractivity contribution >= 4 is 29.7 Å². The maximum atomic E-state index is 12.7. The predicted molar refractivity (Wildman–Crippen MR) is 112 cm³/mol. The van der Waals surface area contributed by atoms with Gasteiger partial charge in [-0.3, -0.25) is 19.4 Å². The lowest BCUT2D eigenvalue weighted by Gasteiger charge is -2.24. The average Bonchev–Trinajstić information content (AvgIpc) is 2.72. The Morgan fingerprint density at radius 2 is 1.39 bits per heavy atom. The van der Waals surface area contributed by atoms with Crippen molar-refractivity contribution in [3.8, 4) is 0 Å². The Morgan fingerprint density at radius 3 is 1.87 bits per heavy atom. The Kier molecular flexibility index (Phi) is 14.3. The Balaban J connectivity index is 5.27. The van der Waals surface area contributed by atoms with Gasteiger partial charge >= 0.3 is 5.97 Å². The Morgan fingerprint density at radius 1 is 0.839 bits per heavy atom. The van der Waals surface area contributed by atoms with Gasteiger partial charge in [0.05, 0.1) is 13.2 Å². The molecule has 14 nitrogen and oxygen atoms in total. The van der Waals surface area contributed by atoms with Gasteiger partial charge in [0, 0.05) is 6.54 Å². The minimum Gasteiger partial charge on any atom is -0.480 e. The second kappa shape index (κ2) is 15.8. The molecule has 0 bridgehead atoms. The van der Waals surface area contributed by atoms with Gasteiger partial charge in [0.1, 0.15) is 18.1 Å². The molecule has 0 radical (unpaired) electrons. The van der Waals surface area contributed by atoms with Gasteiger partial charge in [-0.15, -0.1) is 0 Å². The zero-order valence-corrected chi connectivity index (χ0v) is 17.4. The average molecular weight is 447 g/mol. The van der Waals surface area contributed by atoms with Crippen molar-refractivity contribution < 1.29 is 29.4 Å². The van der Waals surface area contributed by atoms with Crippen LogP contribution in [0.4, 0.5) is 0 Å². The summed E-state index contributed by atoms with van der Waals surface area (Å²) in [6, 6.07) is -3.63. The molecule has 0 rings (SSSR count). The minimum atomic E-state index is -1.52. The summed E-state index contributed by atoms with van der Waals surface area (Å²) in [6.07, 6.45) is 1.76. The van der Waals surface area contributed by atoms with Gasteiger partial charge in [0.15, 0.2) is 5.96 Å². The lowest BCUT2D eigenvalue weighted by Crippen LogP contribution is -2.56. The smallest absolute Gasteiger partial charge is 0.328 e. The summed E-state index contributed by atoms with van der Waals surface area (Å²) in [6.45, 7) is -0.558. The maximum Gasteiger partial charge on any atom is 0.328 e. The second-order valence-electron chi connectivity index (χ2n) is 6.70. The summed E-state index contributed by atoms with van der Waals surface area (Å²) in [5, 5.41) is 25.3. The highest BCUT2D eigenvalue weighted by atomic mass is 16.4. The van der Waals surface area contributed by atoms with Gasteiger partial charge in [-0.1, -0.05) is 0 Å². The molecule has 0 heterocycles. The molecule has 0 aromatic rings. The number of hydrogen-bond donors (Lipinski definition) is 9. The van der Waals surface area contributed by atoms with Crippen LogP contribution < -0.4 is 38.9 Å². The number of carbonyl (C=O) groups is 4. The second-order valence-corrected chi connectivity index (χ2v) is 6.70. The van der Waals surface area contributed by atoms with Crippen molar-refractivity contribution in [3.63, 3.8) is 0 Å². The summed E-state index contributed by atoms with van der Waals surface area (Å²) in [4.78, 5) is 51.8. The van der Waals surface area contributed by atoms with Gasteiger partial charge in [0.25, 0.3) is 0 Å². The number of aliphatic imine (C=N–C) groups is 1. The number of carboxylic acid groups (broad SMARTS) is 1. The fourth-order valence-electron chi connectivity index (χ4n) is 2.52. The molecule has 0 saturated heterocycles. The van der Waals surface area contributed by atoms with Crippen LogP contribution in [-0.2, 0) is 19.2 Å². The van der Waals surface area contributed by atoms with E-state index in [2.05, 4.69) is 20.9 Å². The van der Waals surface area contributed by atoms with Crippen LogP contribution in [0.15, 0.2) is 4.99 Å². The number of nitrogens with two attached hydrogens (primary N) is 4. The minimum absolute atomic E-state index is 0.111. The highest BCUT2D eigenvalue weighted by Crippen LogP contribution is 2.05. The molecule has 3 amide bonds. The Hall–Kier alpha value is -2.97. The van der Waals surface area contributed by atoms with Gasteiger partial charge in [-0.2, -0.15) is 0 Å². The van der Waals surface area contributed by atoms with Crippen molar-refractivity contribution in [1.82, 2.24) is 16.0 Å². The molecule has 13 N–H and O–H groups in total. The molecule has 3 atom stereocenters. The van der Waals surface area contributed by atoms with Crippen LogP contribution in [0.3, 0.4) is 0 Å². The summed E-state index contributed by atoms with van der Waals surface area (Å²) in [7, 11) is 0. The monoisotopic (exact) mass is 446 g/mol. The number of rotatable bonds is 16. The first kappa shape index (κ1) is 28.0. The van der Waals surface area contributed by atoms with Crippen LogP contribution in [0.2, 0.25) is 0 Å². The van der Waals surface area contributed by atoms with E-state index in [4.69, 9.17) is 33.1 Å². The standard InChI is InChI=1S/C17H34N8O6/c18-6-2-1-4-11(15(29)25-12(9-26)16(30)31)24-14(28)10(23-13(27)8-19)5-3-7-22-17(20)21/h10-12,26H,1-9,18-19H2,(H,23,27)(H,24,28)(H,25,29)(H,30,31)(H4,20,21,22). The fraction of sp³-hybridized carbons (Fsp3) is 0.706. The van der Waals surface area contributed by atoms with Crippen LogP contribution in [0.25, 0.3) is 0 Å². The molecule has 31 heavy (non-hydrogen) atoms. The number of carbonyl (C=O) groups excluding carboxylic acids is 3. The van der Waals surface area contributed by atoms with Crippen LogP contribution >= 0.6 is 0 Å². The largest absolute Gasteiger partial charge is 0.480 e. The zero-order valence-electron chi connectivity index (χ0n) is 17.4. The van der Waals surface area contributed by atoms with Crippen LogP contribution in [0.5, 0.6) is 0 Å². The van der Waals surface area contributed by atoms with E-state index in [0.29, 0.717) is 25.8 Å². The number of guanidine groups is 1. The molecule has 178 valence electrons. The van der Waals surface area contributed by atoms with E-state index in [1.807, 2.05) is 0 Å². The predicted octanol–water partition coefficient (Wildman–Crippen LogP) is -4.34. The molecule has 3 unspecified atom stereocenters. The van der Waals surface area contributed by atoms with E-state index in [1.54, 1.807) is 0 Å². The number of aliphatic hydroxyl groups excluding tert-OH is 1. The third-order valence-electron chi connectivity index (χ3n) is 4.16. The first-order valence-electron chi connectivity index (χ1n) is 9.85. The molecule has 0 aromatic carbocycles. The molecule has 0 aromatic heterocycles. The summed E-state index contributed by atoms with van der Waals surface area (Å²) >= 11 is 0.